The lowest BCUT2D eigenvalue weighted by molar-refractivity contribution is 0.952. The van der Waals surface area contributed by atoms with Crippen LogP contribution in [0, 0.1) is 0 Å². The molecule has 1 heterocycles. The smallest absolute Gasteiger partial charge is 0.327 e. The van der Waals surface area contributed by atoms with Gasteiger partial charge in [0.1, 0.15) is 11.5 Å². The van der Waals surface area contributed by atoms with E-state index in [1.807, 2.05) is 11.9 Å². The number of hydrogen-bond donors (Lipinski definition) is 4. The molecule has 1 aromatic heterocycles. The van der Waals surface area contributed by atoms with Gasteiger partial charge in [-0.1, -0.05) is 6.92 Å². The van der Waals surface area contributed by atoms with Gasteiger partial charge in [0, 0.05) is 6.54 Å². The Morgan fingerprint density at radius 3 is 2.69 bits per heavy atom. The topological polar surface area (TPSA) is 104 Å². The Kier molecular flexibility index (Phi) is 2.73. The van der Waals surface area contributed by atoms with Crippen molar-refractivity contribution in [2.24, 2.45) is 0 Å². The fourth-order valence-electron chi connectivity index (χ4n) is 0.886. The molecule has 13 heavy (non-hydrogen) atoms. The minimum atomic E-state index is -0.567. The quantitative estimate of drug-likeness (QED) is 0.506. The molecule has 0 aliphatic rings. The molecule has 72 valence electrons. The maximum atomic E-state index is 11.0. The van der Waals surface area contributed by atoms with Gasteiger partial charge in [-0.2, -0.15) is 0 Å². The summed E-state index contributed by atoms with van der Waals surface area (Å²) in [6.07, 6.45) is 0.883. The van der Waals surface area contributed by atoms with E-state index in [1.165, 1.54) is 0 Å². The number of hydrogen-bond acceptors (Lipinski definition) is 4. The van der Waals surface area contributed by atoms with Crippen LogP contribution in [0.4, 0.5) is 11.5 Å². The van der Waals surface area contributed by atoms with Crippen molar-refractivity contribution >= 4 is 11.5 Å². The van der Waals surface area contributed by atoms with Crippen LogP contribution in [0.15, 0.2) is 9.59 Å². The van der Waals surface area contributed by atoms with E-state index in [1.54, 1.807) is 0 Å². The maximum Gasteiger partial charge on any atom is 0.327 e. The number of aromatic amines is 2. The number of anilines is 2. The zero-order valence-corrected chi connectivity index (χ0v) is 7.31. The Hall–Kier alpha value is -1.72. The molecule has 0 atom stereocenters. The number of nitrogens with one attached hydrogen (secondary N) is 3. The summed E-state index contributed by atoms with van der Waals surface area (Å²) in [5.41, 5.74) is 4.30. The Morgan fingerprint density at radius 2 is 2.08 bits per heavy atom. The lowest BCUT2D eigenvalue weighted by atomic mass is 10.4. The average Bonchev–Trinajstić information content (AvgIpc) is 2.09. The number of nitrogens with two attached hydrogens (primary N) is 1. The molecule has 0 aliphatic heterocycles. The molecule has 6 nitrogen and oxygen atoms in total. The Labute approximate surface area is 74.2 Å². The molecule has 0 aliphatic carbocycles. The van der Waals surface area contributed by atoms with Crippen LogP contribution < -0.4 is 22.3 Å². The van der Waals surface area contributed by atoms with E-state index < -0.39 is 11.2 Å². The van der Waals surface area contributed by atoms with Crippen molar-refractivity contribution in [1.82, 2.24) is 9.97 Å². The third-order valence-corrected chi connectivity index (χ3v) is 1.53. The van der Waals surface area contributed by atoms with Gasteiger partial charge in [-0.15, -0.1) is 0 Å². The van der Waals surface area contributed by atoms with Crippen LogP contribution in [-0.4, -0.2) is 16.5 Å². The molecule has 0 fully saturated rings. The summed E-state index contributed by atoms with van der Waals surface area (Å²) in [5.74, 6) is 0.288. The first-order chi connectivity index (χ1) is 6.15. The monoisotopic (exact) mass is 184 g/mol. The summed E-state index contributed by atoms with van der Waals surface area (Å²) in [6.45, 7) is 2.62. The number of nitrogen functional groups attached to an aromatic ring is 1. The van der Waals surface area contributed by atoms with E-state index in [0.717, 1.165) is 6.42 Å². The van der Waals surface area contributed by atoms with Crippen LogP contribution in [-0.2, 0) is 0 Å². The van der Waals surface area contributed by atoms with Crippen molar-refractivity contribution in [3.05, 3.63) is 20.8 Å². The third kappa shape index (κ3) is 2.11. The standard InChI is InChI=1S/C7H12N4O2/c1-2-3-9-5-4(8)6(12)11-7(13)10-5/h2-3,8H2,1H3,(H3,9,10,11,12,13). The lowest BCUT2D eigenvalue weighted by Gasteiger charge is -2.05. The molecule has 6 heteroatoms. The van der Waals surface area contributed by atoms with Gasteiger partial charge in [-0.25, -0.2) is 4.79 Å². The highest BCUT2D eigenvalue weighted by Gasteiger charge is 2.03. The van der Waals surface area contributed by atoms with Gasteiger partial charge in [0.2, 0.25) is 0 Å². The predicted octanol–water partition coefficient (Wildman–Crippen LogP) is -0.533. The number of aromatic nitrogens is 2. The molecule has 0 spiro atoms. The van der Waals surface area contributed by atoms with Gasteiger partial charge in [0.05, 0.1) is 0 Å². The molecule has 0 unspecified atom stereocenters. The fraction of sp³-hybridized carbons (Fsp3) is 0.429. The van der Waals surface area contributed by atoms with Crippen LogP contribution in [0.3, 0.4) is 0 Å². The minimum absolute atomic E-state index is 0.00745. The summed E-state index contributed by atoms with van der Waals surface area (Å²) < 4.78 is 0. The SMILES string of the molecule is CCCNc1[nH]c(=O)[nH]c(=O)c1N. The van der Waals surface area contributed by atoms with Crippen LogP contribution in [0.1, 0.15) is 13.3 Å². The molecule has 0 radical (unpaired) electrons. The highest BCUT2D eigenvalue weighted by molar-refractivity contribution is 5.58. The van der Waals surface area contributed by atoms with Crippen molar-refractivity contribution in [3.63, 3.8) is 0 Å². The van der Waals surface area contributed by atoms with Gasteiger partial charge in [-0.3, -0.25) is 14.8 Å². The molecule has 0 bridgehead atoms. The zero-order valence-electron chi connectivity index (χ0n) is 7.31. The molecule has 0 amide bonds. The maximum absolute atomic E-state index is 11.0. The zero-order chi connectivity index (χ0) is 9.84. The van der Waals surface area contributed by atoms with Gasteiger partial charge >= 0.3 is 5.69 Å². The molecule has 0 saturated heterocycles. The van der Waals surface area contributed by atoms with E-state index >= 15 is 0 Å². The minimum Gasteiger partial charge on any atom is -0.391 e. The van der Waals surface area contributed by atoms with Crippen molar-refractivity contribution in [2.45, 2.75) is 13.3 Å². The predicted molar refractivity (Wildman–Crippen MR) is 50.9 cm³/mol. The second-order valence-corrected chi connectivity index (χ2v) is 2.62. The molecule has 1 rings (SSSR count). The first-order valence-electron chi connectivity index (χ1n) is 4.01. The van der Waals surface area contributed by atoms with E-state index in [2.05, 4.69) is 10.3 Å². The summed E-state index contributed by atoms with van der Waals surface area (Å²) >= 11 is 0. The number of H-pyrrole nitrogens is 2. The van der Waals surface area contributed by atoms with Gasteiger partial charge in [-0.05, 0) is 6.42 Å². The highest BCUT2D eigenvalue weighted by Crippen LogP contribution is 2.04. The summed E-state index contributed by atoms with van der Waals surface area (Å²) in [5, 5.41) is 2.84. The van der Waals surface area contributed by atoms with Crippen molar-refractivity contribution in [1.29, 1.82) is 0 Å². The highest BCUT2D eigenvalue weighted by atomic mass is 16.2. The normalized spacial score (nSPS) is 9.92. The van der Waals surface area contributed by atoms with E-state index in [-0.39, 0.29) is 11.5 Å². The molecule has 1 aromatic rings. The molecule has 0 saturated carbocycles. The third-order valence-electron chi connectivity index (χ3n) is 1.53. The van der Waals surface area contributed by atoms with Crippen LogP contribution in [0.2, 0.25) is 0 Å². The van der Waals surface area contributed by atoms with Gasteiger partial charge in [0.15, 0.2) is 0 Å². The van der Waals surface area contributed by atoms with Crippen molar-refractivity contribution in [2.75, 3.05) is 17.6 Å². The van der Waals surface area contributed by atoms with E-state index in [4.69, 9.17) is 5.73 Å². The molecule has 0 aromatic carbocycles. The van der Waals surface area contributed by atoms with Crippen LogP contribution in [0.5, 0.6) is 0 Å². The molecular formula is C7H12N4O2. The van der Waals surface area contributed by atoms with Crippen molar-refractivity contribution < 1.29 is 0 Å². The summed E-state index contributed by atoms with van der Waals surface area (Å²) in [4.78, 5) is 26.2. The van der Waals surface area contributed by atoms with E-state index in [0.29, 0.717) is 6.54 Å². The largest absolute Gasteiger partial charge is 0.391 e. The van der Waals surface area contributed by atoms with Gasteiger partial charge in [0.25, 0.3) is 5.56 Å². The summed E-state index contributed by atoms with van der Waals surface area (Å²) in [7, 11) is 0. The van der Waals surface area contributed by atoms with Gasteiger partial charge < -0.3 is 11.1 Å². The summed E-state index contributed by atoms with van der Waals surface area (Å²) in [6, 6.07) is 0. The lowest BCUT2D eigenvalue weighted by Crippen LogP contribution is -2.26. The van der Waals surface area contributed by atoms with Crippen LogP contribution in [0.25, 0.3) is 0 Å². The second-order valence-electron chi connectivity index (χ2n) is 2.62. The van der Waals surface area contributed by atoms with Crippen LogP contribution >= 0.6 is 0 Å². The first kappa shape index (κ1) is 9.37. The fourth-order valence-corrected chi connectivity index (χ4v) is 0.886. The second kappa shape index (κ2) is 3.79. The van der Waals surface area contributed by atoms with E-state index in [9.17, 15) is 9.59 Å². The first-order valence-corrected chi connectivity index (χ1v) is 4.01. The Bertz CT molecular complexity index is 392. The van der Waals surface area contributed by atoms with Crippen molar-refractivity contribution in [3.8, 4) is 0 Å². The number of rotatable bonds is 3. The molecular weight excluding hydrogens is 172 g/mol. The molecule has 5 N–H and O–H groups in total. The Balaban J connectivity index is 3.06. The average molecular weight is 184 g/mol. The Morgan fingerprint density at radius 1 is 1.38 bits per heavy atom.